The number of nitrogens with one attached hydrogen (secondary N) is 1. The van der Waals surface area contributed by atoms with E-state index in [0.29, 0.717) is 37.6 Å². The first-order valence-corrected chi connectivity index (χ1v) is 12.6. The summed E-state index contributed by atoms with van der Waals surface area (Å²) >= 11 is 20.4. The second-order valence-corrected chi connectivity index (χ2v) is 9.87. The SMILES string of the molecule is Cn1c(COc2ccc(F)c(Cl)c2)nnc1SCC(=O)Nc1nc(-c2ccc(Cl)cc2Cl)cs1. The van der Waals surface area contributed by atoms with E-state index in [-0.39, 0.29) is 23.3 Å². The van der Waals surface area contributed by atoms with Crippen molar-refractivity contribution in [3.05, 3.63) is 68.5 Å². The van der Waals surface area contributed by atoms with E-state index in [2.05, 4.69) is 20.5 Å². The highest BCUT2D eigenvalue weighted by molar-refractivity contribution is 7.99. The minimum atomic E-state index is -0.521. The topological polar surface area (TPSA) is 81.9 Å². The monoisotopic (exact) mass is 557 g/mol. The standard InChI is InChI=1S/C21H15Cl3FN5O2S2/c1-30-18(8-32-12-3-5-16(25)15(24)7-12)28-29-21(30)34-10-19(31)27-20-26-17(9-33-20)13-4-2-11(22)6-14(13)23/h2-7,9H,8,10H2,1H3,(H,26,27,31). The Labute approximate surface area is 217 Å². The highest BCUT2D eigenvalue weighted by atomic mass is 35.5. The second-order valence-electron chi connectivity index (χ2n) is 6.82. The highest BCUT2D eigenvalue weighted by Gasteiger charge is 2.14. The third kappa shape index (κ3) is 6.00. The van der Waals surface area contributed by atoms with Gasteiger partial charge < -0.3 is 14.6 Å². The van der Waals surface area contributed by atoms with Crippen LogP contribution in [0.4, 0.5) is 9.52 Å². The second kappa shape index (κ2) is 10.9. The van der Waals surface area contributed by atoms with Gasteiger partial charge in [-0.3, -0.25) is 4.79 Å². The Morgan fingerprint density at radius 2 is 2.00 bits per heavy atom. The fourth-order valence-electron chi connectivity index (χ4n) is 2.75. The number of aromatic nitrogens is 4. The largest absolute Gasteiger partial charge is 0.486 e. The predicted molar refractivity (Wildman–Crippen MR) is 134 cm³/mol. The van der Waals surface area contributed by atoms with Crippen LogP contribution in [0.5, 0.6) is 5.75 Å². The molecule has 34 heavy (non-hydrogen) atoms. The van der Waals surface area contributed by atoms with Crippen LogP contribution in [0.1, 0.15) is 5.82 Å². The van der Waals surface area contributed by atoms with E-state index in [9.17, 15) is 9.18 Å². The van der Waals surface area contributed by atoms with Crippen LogP contribution < -0.4 is 10.1 Å². The van der Waals surface area contributed by atoms with E-state index in [1.807, 2.05) is 0 Å². The van der Waals surface area contributed by atoms with Gasteiger partial charge in [0.1, 0.15) is 18.2 Å². The van der Waals surface area contributed by atoms with Crippen molar-refractivity contribution < 1.29 is 13.9 Å². The van der Waals surface area contributed by atoms with Crippen LogP contribution in [0.3, 0.4) is 0 Å². The third-order valence-electron chi connectivity index (χ3n) is 4.47. The lowest BCUT2D eigenvalue weighted by atomic mass is 10.2. The molecule has 2 aromatic heterocycles. The summed E-state index contributed by atoms with van der Waals surface area (Å²) in [7, 11) is 1.76. The number of nitrogens with zero attached hydrogens (tertiary/aromatic N) is 4. The molecule has 13 heteroatoms. The lowest BCUT2D eigenvalue weighted by molar-refractivity contribution is -0.113. The molecule has 0 aliphatic rings. The van der Waals surface area contributed by atoms with Crippen LogP contribution in [0.25, 0.3) is 11.3 Å². The van der Waals surface area contributed by atoms with Gasteiger partial charge in [0.15, 0.2) is 16.1 Å². The normalized spacial score (nSPS) is 11.0. The van der Waals surface area contributed by atoms with Gasteiger partial charge >= 0.3 is 0 Å². The summed E-state index contributed by atoms with van der Waals surface area (Å²) in [6, 6.07) is 9.24. The van der Waals surface area contributed by atoms with E-state index in [1.54, 1.807) is 35.2 Å². The zero-order valence-corrected chi connectivity index (χ0v) is 21.3. The lowest BCUT2D eigenvalue weighted by Gasteiger charge is -2.07. The molecule has 2 aromatic carbocycles. The molecular weight excluding hydrogens is 544 g/mol. The number of carbonyl (C=O) groups excluding carboxylic acids is 1. The number of ether oxygens (including phenoxy) is 1. The van der Waals surface area contributed by atoms with Crippen LogP contribution in [0.2, 0.25) is 15.1 Å². The van der Waals surface area contributed by atoms with Crippen molar-refractivity contribution in [1.29, 1.82) is 0 Å². The highest BCUT2D eigenvalue weighted by Crippen LogP contribution is 2.32. The lowest BCUT2D eigenvalue weighted by Crippen LogP contribution is -2.14. The maximum atomic E-state index is 13.3. The van der Waals surface area contributed by atoms with E-state index < -0.39 is 5.82 Å². The Morgan fingerprint density at radius 1 is 1.18 bits per heavy atom. The van der Waals surface area contributed by atoms with Gasteiger partial charge in [0.25, 0.3) is 0 Å². The van der Waals surface area contributed by atoms with E-state index >= 15 is 0 Å². The molecule has 0 atom stereocenters. The summed E-state index contributed by atoms with van der Waals surface area (Å²) in [5, 5.41) is 14.7. The van der Waals surface area contributed by atoms with Crippen LogP contribution in [-0.4, -0.2) is 31.4 Å². The van der Waals surface area contributed by atoms with Gasteiger partial charge in [-0.05, 0) is 30.3 Å². The quantitative estimate of drug-likeness (QED) is 0.254. The minimum absolute atomic E-state index is 0.0265. The molecule has 0 saturated heterocycles. The van der Waals surface area contributed by atoms with Crippen LogP contribution in [0.15, 0.2) is 46.9 Å². The zero-order valence-electron chi connectivity index (χ0n) is 17.4. The van der Waals surface area contributed by atoms with E-state index in [1.165, 1.54) is 41.3 Å². The van der Waals surface area contributed by atoms with Crippen LogP contribution in [0, 0.1) is 5.82 Å². The molecular formula is C21H15Cl3FN5O2S2. The number of anilines is 1. The molecule has 176 valence electrons. The van der Waals surface area contributed by atoms with Gasteiger partial charge in [0.2, 0.25) is 5.91 Å². The Bertz CT molecular complexity index is 1350. The summed E-state index contributed by atoms with van der Waals surface area (Å²) in [4.78, 5) is 16.8. The van der Waals surface area contributed by atoms with Gasteiger partial charge in [-0.2, -0.15) is 0 Å². The number of benzene rings is 2. The third-order valence-corrected chi connectivity index (χ3v) is 7.09. The first-order chi connectivity index (χ1) is 16.3. The summed E-state index contributed by atoms with van der Waals surface area (Å²) in [6.07, 6.45) is 0. The van der Waals surface area contributed by atoms with Crippen molar-refractivity contribution in [1.82, 2.24) is 19.7 Å². The molecule has 0 unspecified atom stereocenters. The smallest absolute Gasteiger partial charge is 0.236 e. The molecule has 4 rings (SSSR count). The molecule has 4 aromatic rings. The number of amides is 1. The molecule has 0 fully saturated rings. The number of thioether (sulfide) groups is 1. The Kier molecular flexibility index (Phi) is 7.95. The maximum absolute atomic E-state index is 13.3. The first-order valence-electron chi connectivity index (χ1n) is 9.60. The molecule has 7 nitrogen and oxygen atoms in total. The van der Waals surface area contributed by atoms with Crippen molar-refractivity contribution in [2.45, 2.75) is 11.8 Å². The average Bonchev–Trinajstić information content (AvgIpc) is 3.39. The Hall–Kier alpha value is -2.37. The number of hydrogen-bond acceptors (Lipinski definition) is 7. The number of rotatable bonds is 8. The molecule has 0 radical (unpaired) electrons. The summed E-state index contributed by atoms with van der Waals surface area (Å²) in [5.41, 5.74) is 1.38. The number of hydrogen-bond donors (Lipinski definition) is 1. The summed E-state index contributed by atoms with van der Waals surface area (Å²) in [6.45, 7) is 0.105. The first kappa shape index (κ1) is 24.7. The molecule has 0 aliphatic heterocycles. The maximum Gasteiger partial charge on any atom is 0.236 e. The fraction of sp³-hybridized carbons (Fsp3) is 0.143. The van der Waals surface area contributed by atoms with E-state index in [0.717, 1.165) is 5.56 Å². The van der Waals surface area contributed by atoms with Crippen LogP contribution in [-0.2, 0) is 18.4 Å². The van der Waals surface area contributed by atoms with Gasteiger partial charge in [-0.15, -0.1) is 21.5 Å². The zero-order chi connectivity index (χ0) is 24.2. The van der Waals surface area contributed by atoms with E-state index in [4.69, 9.17) is 39.5 Å². The molecule has 2 heterocycles. The Morgan fingerprint density at radius 3 is 2.76 bits per heavy atom. The van der Waals surface area contributed by atoms with Crippen molar-refractivity contribution in [2.24, 2.45) is 7.05 Å². The molecule has 1 amide bonds. The van der Waals surface area contributed by atoms with Crippen molar-refractivity contribution in [3.8, 4) is 17.0 Å². The summed E-state index contributed by atoms with van der Waals surface area (Å²) in [5.74, 6) is 0.289. The van der Waals surface area contributed by atoms with Gasteiger partial charge in [-0.1, -0.05) is 46.6 Å². The average molecular weight is 559 g/mol. The number of carbonyl (C=O) groups is 1. The molecule has 0 saturated carbocycles. The number of thiazole rings is 1. The van der Waals surface area contributed by atoms with Crippen molar-refractivity contribution in [2.75, 3.05) is 11.1 Å². The van der Waals surface area contributed by atoms with Crippen molar-refractivity contribution >= 4 is 68.9 Å². The van der Waals surface area contributed by atoms with Crippen molar-refractivity contribution in [3.63, 3.8) is 0 Å². The summed E-state index contributed by atoms with van der Waals surface area (Å²) < 4.78 is 20.6. The number of halogens is 4. The predicted octanol–water partition coefficient (Wildman–Crippen LogP) is 6.35. The van der Waals surface area contributed by atoms with Gasteiger partial charge in [0, 0.05) is 29.1 Å². The Balaban J connectivity index is 1.31. The van der Waals surface area contributed by atoms with Crippen LogP contribution >= 0.6 is 57.9 Å². The minimum Gasteiger partial charge on any atom is -0.486 e. The fourth-order valence-corrected chi connectivity index (χ4v) is 4.88. The molecule has 0 aliphatic carbocycles. The van der Waals surface area contributed by atoms with Gasteiger partial charge in [-0.25, -0.2) is 9.37 Å². The van der Waals surface area contributed by atoms with Gasteiger partial charge in [0.05, 0.1) is 21.5 Å². The molecule has 0 bridgehead atoms. The molecule has 0 spiro atoms. The molecule has 1 N–H and O–H groups in total.